The van der Waals surface area contributed by atoms with E-state index in [9.17, 15) is 32.7 Å². The highest BCUT2D eigenvalue weighted by atomic mass is 35.5. The van der Waals surface area contributed by atoms with Gasteiger partial charge in [0.15, 0.2) is 11.5 Å². The van der Waals surface area contributed by atoms with Gasteiger partial charge in [-0.3, -0.25) is 14.4 Å². The number of aromatic hydroxyl groups is 1. The van der Waals surface area contributed by atoms with Crippen molar-refractivity contribution in [3.63, 3.8) is 0 Å². The summed E-state index contributed by atoms with van der Waals surface area (Å²) in [7, 11) is 0. The van der Waals surface area contributed by atoms with Crippen LogP contribution >= 0.6 is 11.6 Å². The molecule has 3 aromatic heterocycles. The van der Waals surface area contributed by atoms with Crippen LogP contribution in [-0.4, -0.2) is 71.8 Å². The van der Waals surface area contributed by atoms with Crippen molar-refractivity contribution in [2.45, 2.75) is 62.2 Å². The molecule has 1 saturated heterocycles. The third kappa shape index (κ3) is 4.84. The highest BCUT2D eigenvalue weighted by Gasteiger charge is 2.70. The highest BCUT2D eigenvalue weighted by molar-refractivity contribution is 6.33. The third-order valence-corrected chi connectivity index (χ3v) is 11.8. The number of hydrogen-bond donors (Lipinski definition) is 2. The van der Waals surface area contributed by atoms with Crippen LogP contribution in [0.2, 0.25) is 5.02 Å². The molecule has 16 heteroatoms. The van der Waals surface area contributed by atoms with E-state index in [0.717, 1.165) is 48.7 Å². The molecule has 0 radical (unpaired) electrons. The molecule has 2 amide bonds. The number of aromatic nitrogens is 5. The first kappa shape index (κ1) is 32.2. The first-order chi connectivity index (χ1) is 24.5. The monoisotopic (exact) mass is 721 g/mol. The van der Waals surface area contributed by atoms with Crippen LogP contribution in [0.5, 0.6) is 5.75 Å². The van der Waals surface area contributed by atoms with E-state index in [4.69, 9.17) is 21.3 Å². The van der Waals surface area contributed by atoms with Gasteiger partial charge < -0.3 is 24.6 Å². The van der Waals surface area contributed by atoms with Crippen LogP contribution in [0.3, 0.4) is 0 Å². The van der Waals surface area contributed by atoms with E-state index >= 15 is 0 Å². The van der Waals surface area contributed by atoms with Crippen LogP contribution in [-0.2, 0) is 27.7 Å². The molecule has 0 unspecified atom stereocenters. The van der Waals surface area contributed by atoms with Crippen molar-refractivity contribution >= 4 is 40.5 Å². The first-order valence-electron chi connectivity index (χ1n) is 16.9. The second-order valence-corrected chi connectivity index (χ2v) is 14.4. The van der Waals surface area contributed by atoms with Gasteiger partial charge in [0.1, 0.15) is 12.3 Å². The molecule has 264 valence electrons. The average molecular weight is 722 g/mol. The third-order valence-electron chi connectivity index (χ3n) is 11.5. The Kier molecular flexibility index (Phi) is 7.17. The Morgan fingerprint density at radius 1 is 1.18 bits per heavy atom. The van der Waals surface area contributed by atoms with Gasteiger partial charge in [0.05, 0.1) is 29.5 Å². The molecular formula is C35H31ClF3N7O5. The Morgan fingerprint density at radius 3 is 2.73 bits per heavy atom. The number of benzene rings is 1. The van der Waals surface area contributed by atoms with E-state index in [0.29, 0.717) is 44.0 Å². The number of hydrogen-bond acceptors (Lipinski definition) is 8. The number of piperidine rings is 1. The zero-order chi connectivity index (χ0) is 35.4. The fourth-order valence-corrected chi connectivity index (χ4v) is 9.36. The predicted octanol–water partition coefficient (Wildman–Crippen LogP) is 4.79. The van der Waals surface area contributed by atoms with Crippen LogP contribution in [0.1, 0.15) is 71.2 Å². The maximum absolute atomic E-state index is 14.7. The summed E-state index contributed by atoms with van der Waals surface area (Å²) >= 11 is 6.18. The molecule has 3 aliphatic carbocycles. The SMILES string of the molecule is O=C(Cn1c2c(c(=O)n3nc(C4=CCOCC4)nc13)[C@]1(CCN(C(=O)c3ncccc3O)[C@H]3CC[C@H]31)[C@@H]1C[C@H]21)Nc1ccc(C(F)(F)F)cc1Cl. The highest BCUT2D eigenvalue weighted by Crippen LogP contribution is 2.72. The van der Waals surface area contributed by atoms with E-state index < -0.39 is 23.1 Å². The number of halogens is 4. The molecule has 1 spiro atoms. The van der Waals surface area contributed by atoms with Crippen molar-refractivity contribution in [3.8, 4) is 5.75 Å². The van der Waals surface area contributed by atoms with Crippen molar-refractivity contribution in [1.29, 1.82) is 0 Å². The largest absolute Gasteiger partial charge is 0.505 e. The van der Waals surface area contributed by atoms with Gasteiger partial charge in [0.2, 0.25) is 11.7 Å². The number of amides is 2. The van der Waals surface area contributed by atoms with Gasteiger partial charge in [0.25, 0.3) is 11.5 Å². The number of anilines is 1. The molecule has 2 aliphatic heterocycles. The van der Waals surface area contributed by atoms with E-state index in [-0.39, 0.29) is 69.7 Å². The predicted molar refractivity (Wildman–Crippen MR) is 176 cm³/mol. The second-order valence-electron chi connectivity index (χ2n) is 14.0. The molecule has 51 heavy (non-hydrogen) atoms. The summed E-state index contributed by atoms with van der Waals surface area (Å²) in [6, 6.07) is 5.56. The molecular weight excluding hydrogens is 691 g/mol. The number of nitrogens with zero attached hydrogens (tertiary/aromatic N) is 6. The summed E-state index contributed by atoms with van der Waals surface area (Å²) in [6.07, 6.45) is 2.14. The molecule has 2 saturated carbocycles. The fourth-order valence-electron chi connectivity index (χ4n) is 9.13. The van der Waals surface area contributed by atoms with Crippen molar-refractivity contribution < 1.29 is 32.6 Å². The molecule has 12 nitrogen and oxygen atoms in total. The smallest absolute Gasteiger partial charge is 0.416 e. The minimum atomic E-state index is -4.60. The maximum Gasteiger partial charge on any atom is 0.416 e. The summed E-state index contributed by atoms with van der Waals surface area (Å²) < 4.78 is 48.3. The van der Waals surface area contributed by atoms with E-state index in [2.05, 4.69) is 15.4 Å². The van der Waals surface area contributed by atoms with Gasteiger partial charge in [-0.1, -0.05) is 17.7 Å². The van der Waals surface area contributed by atoms with Crippen LogP contribution in [0.25, 0.3) is 11.4 Å². The lowest BCUT2D eigenvalue weighted by Gasteiger charge is -2.58. The zero-order valence-corrected chi connectivity index (χ0v) is 27.7. The quantitative estimate of drug-likeness (QED) is 0.300. The Labute approximate surface area is 292 Å². The summed E-state index contributed by atoms with van der Waals surface area (Å²) in [5.41, 5.74) is 0.357. The van der Waals surface area contributed by atoms with Crippen molar-refractivity contribution in [2.75, 3.05) is 25.1 Å². The molecule has 3 fully saturated rings. The number of pyridine rings is 1. The van der Waals surface area contributed by atoms with E-state index in [1.54, 1.807) is 15.5 Å². The molecule has 1 aromatic carbocycles. The molecule has 2 N–H and O–H groups in total. The number of nitrogens with one attached hydrogen (secondary N) is 1. The minimum Gasteiger partial charge on any atom is -0.505 e. The molecule has 4 aromatic rings. The Hall–Kier alpha value is -4.76. The number of carbonyl (C=O) groups excluding carboxylic acids is 2. The van der Waals surface area contributed by atoms with Gasteiger partial charge in [-0.15, -0.1) is 5.10 Å². The molecule has 5 heterocycles. The van der Waals surface area contributed by atoms with Gasteiger partial charge in [-0.25, -0.2) is 4.98 Å². The molecule has 5 atom stereocenters. The van der Waals surface area contributed by atoms with Crippen molar-refractivity contribution in [3.05, 3.63) is 86.3 Å². The summed E-state index contributed by atoms with van der Waals surface area (Å²) in [5.74, 6) is -0.470. The average Bonchev–Trinajstić information content (AvgIpc) is 3.67. The van der Waals surface area contributed by atoms with Gasteiger partial charge in [-0.2, -0.15) is 22.7 Å². The number of rotatable bonds is 5. The maximum atomic E-state index is 14.7. The van der Waals surface area contributed by atoms with Crippen molar-refractivity contribution in [1.82, 2.24) is 29.0 Å². The summed E-state index contributed by atoms with van der Waals surface area (Å²) in [4.78, 5) is 52.7. The van der Waals surface area contributed by atoms with Gasteiger partial charge >= 0.3 is 6.18 Å². The Bertz CT molecular complexity index is 2250. The summed E-state index contributed by atoms with van der Waals surface area (Å²) in [6.45, 7) is 0.919. The standard InChI is InChI=1S/C35H31ClF3N7O5/c36-22-14-18(35(37,38)39)3-5-23(22)41-26(48)16-45-29-19-15-21(19)34(27(29)31(49)46-33(45)42-30(43-46)17-7-12-51-13-8-17)9-11-44(24-6-4-20(24)34)32(50)28-25(47)2-1-10-40-28/h1-3,5,7,10,14,19-21,24,47H,4,6,8-9,11-13,15-16H2,(H,41,48)/t19-,20+,21+,24-,34-/m0/s1. The van der Waals surface area contributed by atoms with Gasteiger partial charge in [0, 0.05) is 41.4 Å². The molecule has 9 rings (SSSR count). The number of carbonyl (C=O) groups is 2. The number of fused-ring (bicyclic) bond motifs is 8. The normalized spacial score (nSPS) is 26.3. The molecule has 5 aliphatic rings. The topological polar surface area (TPSA) is 144 Å². The van der Waals surface area contributed by atoms with Crippen LogP contribution in [0.4, 0.5) is 18.9 Å². The number of ether oxygens (including phenoxy) is 1. The number of likely N-dealkylation sites (tertiary alicyclic amines) is 1. The lowest BCUT2D eigenvalue weighted by atomic mass is 9.54. The lowest BCUT2D eigenvalue weighted by molar-refractivity contribution is -0.137. The Balaban J connectivity index is 1.12. The first-order valence-corrected chi connectivity index (χ1v) is 17.3. The van der Waals surface area contributed by atoms with Gasteiger partial charge in [-0.05, 0) is 79.8 Å². The Morgan fingerprint density at radius 2 is 2.02 bits per heavy atom. The number of alkyl halides is 3. The van der Waals surface area contributed by atoms with Crippen LogP contribution < -0.4 is 10.9 Å². The summed E-state index contributed by atoms with van der Waals surface area (Å²) in [5, 5.41) is 17.4. The lowest BCUT2D eigenvalue weighted by Crippen LogP contribution is -2.64. The zero-order valence-electron chi connectivity index (χ0n) is 27.0. The van der Waals surface area contributed by atoms with Crippen molar-refractivity contribution in [2.24, 2.45) is 11.8 Å². The molecule has 0 bridgehead atoms. The fraction of sp³-hybridized carbons (Fsp3) is 0.429. The van der Waals surface area contributed by atoms with Crippen LogP contribution in [0.15, 0.2) is 47.4 Å². The second kappa shape index (κ2) is 11.4. The van der Waals surface area contributed by atoms with Crippen LogP contribution in [0, 0.1) is 11.8 Å². The minimum absolute atomic E-state index is 0.00370. The van der Waals surface area contributed by atoms with E-state index in [1.807, 2.05) is 6.08 Å². The van der Waals surface area contributed by atoms with E-state index in [1.165, 1.54) is 16.8 Å².